The van der Waals surface area contributed by atoms with Gasteiger partial charge in [-0.3, -0.25) is 4.98 Å². The van der Waals surface area contributed by atoms with Gasteiger partial charge in [-0.15, -0.1) is 0 Å². The van der Waals surface area contributed by atoms with Crippen LogP contribution in [-0.2, 0) is 6.61 Å². The van der Waals surface area contributed by atoms with Gasteiger partial charge in [-0.1, -0.05) is 11.6 Å². The molecule has 88 valence electrons. The Morgan fingerprint density at radius 3 is 2.88 bits per heavy atom. The van der Waals surface area contributed by atoms with Crippen LogP contribution in [0.25, 0.3) is 0 Å². The van der Waals surface area contributed by atoms with Gasteiger partial charge in [-0.2, -0.15) is 0 Å². The summed E-state index contributed by atoms with van der Waals surface area (Å²) in [7, 11) is 0. The molecule has 0 aliphatic rings. The lowest BCUT2D eigenvalue weighted by Crippen LogP contribution is -1.98. The molecule has 0 spiro atoms. The minimum atomic E-state index is -0.267. The third kappa shape index (κ3) is 2.94. The van der Waals surface area contributed by atoms with Gasteiger partial charge in [-0.25, -0.2) is 4.39 Å². The Kier molecular flexibility index (Phi) is 3.59. The summed E-state index contributed by atoms with van der Waals surface area (Å²) >= 11 is 5.95. The van der Waals surface area contributed by atoms with Crippen molar-refractivity contribution in [3.05, 3.63) is 58.6 Å². The average molecular weight is 252 g/mol. The van der Waals surface area contributed by atoms with Crippen molar-refractivity contribution < 1.29 is 9.13 Å². The number of benzene rings is 1. The zero-order valence-corrected chi connectivity index (χ0v) is 10.0. The van der Waals surface area contributed by atoms with Crippen LogP contribution in [0, 0.1) is 12.7 Å². The number of rotatable bonds is 3. The summed E-state index contributed by atoms with van der Waals surface area (Å²) in [5, 5.41) is 0.562. The second-order valence-corrected chi connectivity index (χ2v) is 4.07. The first kappa shape index (κ1) is 11.9. The van der Waals surface area contributed by atoms with Crippen LogP contribution in [0.4, 0.5) is 4.39 Å². The Morgan fingerprint density at radius 2 is 2.18 bits per heavy atom. The van der Waals surface area contributed by atoms with E-state index in [1.54, 1.807) is 31.5 Å². The standard InChI is InChI=1S/C13H11ClFNO/c1-9-6-11(15)2-3-13(9)17-8-10-4-5-16-7-12(10)14/h2-7H,8H2,1H3. The minimum absolute atomic E-state index is 0.267. The highest BCUT2D eigenvalue weighted by Crippen LogP contribution is 2.21. The number of nitrogens with zero attached hydrogens (tertiary/aromatic N) is 1. The van der Waals surface area contributed by atoms with E-state index in [0.29, 0.717) is 17.4 Å². The van der Waals surface area contributed by atoms with Crippen LogP contribution in [0.5, 0.6) is 5.75 Å². The topological polar surface area (TPSA) is 22.1 Å². The quantitative estimate of drug-likeness (QED) is 0.829. The zero-order chi connectivity index (χ0) is 12.3. The Labute approximate surface area is 104 Å². The average Bonchev–Trinajstić information content (AvgIpc) is 2.30. The minimum Gasteiger partial charge on any atom is -0.489 e. The van der Waals surface area contributed by atoms with Crippen molar-refractivity contribution in [2.45, 2.75) is 13.5 Å². The first-order valence-corrected chi connectivity index (χ1v) is 5.52. The Balaban J connectivity index is 2.10. The number of hydrogen-bond donors (Lipinski definition) is 0. The molecular weight excluding hydrogens is 241 g/mol. The van der Waals surface area contributed by atoms with Crippen LogP contribution in [0.1, 0.15) is 11.1 Å². The summed E-state index contributed by atoms with van der Waals surface area (Å²) in [5.41, 5.74) is 1.61. The molecule has 4 heteroatoms. The fourth-order valence-corrected chi connectivity index (χ4v) is 1.63. The molecule has 0 unspecified atom stereocenters. The van der Waals surface area contributed by atoms with Crippen LogP contribution in [-0.4, -0.2) is 4.98 Å². The molecular formula is C13H11ClFNO. The predicted octanol–water partition coefficient (Wildman–Crippen LogP) is 3.76. The fraction of sp³-hybridized carbons (Fsp3) is 0.154. The highest BCUT2D eigenvalue weighted by molar-refractivity contribution is 6.31. The van der Waals surface area contributed by atoms with Crippen LogP contribution >= 0.6 is 11.6 Å². The molecule has 0 N–H and O–H groups in total. The van der Waals surface area contributed by atoms with E-state index in [2.05, 4.69) is 4.98 Å². The summed E-state index contributed by atoms with van der Waals surface area (Å²) in [6.45, 7) is 2.14. The molecule has 0 aliphatic heterocycles. The smallest absolute Gasteiger partial charge is 0.123 e. The highest BCUT2D eigenvalue weighted by Gasteiger charge is 2.04. The molecule has 2 nitrogen and oxygen atoms in total. The molecule has 0 aliphatic carbocycles. The van der Waals surface area contributed by atoms with E-state index in [0.717, 1.165) is 11.1 Å². The van der Waals surface area contributed by atoms with Crippen LogP contribution in [0.3, 0.4) is 0 Å². The van der Waals surface area contributed by atoms with Crippen molar-refractivity contribution in [2.75, 3.05) is 0 Å². The lowest BCUT2D eigenvalue weighted by Gasteiger charge is -2.09. The maximum atomic E-state index is 12.9. The molecule has 1 aromatic heterocycles. The maximum absolute atomic E-state index is 12.9. The Bertz CT molecular complexity index is 531. The van der Waals surface area contributed by atoms with Crippen molar-refractivity contribution in [3.63, 3.8) is 0 Å². The van der Waals surface area contributed by atoms with E-state index in [-0.39, 0.29) is 5.82 Å². The Morgan fingerprint density at radius 1 is 1.35 bits per heavy atom. The van der Waals surface area contributed by atoms with Gasteiger partial charge in [0.05, 0.1) is 5.02 Å². The predicted molar refractivity (Wildman–Crippen MR) is 64.7 cm³/mol. The molecule has 1 aromatic carbocycles. The molecule has 0 saturated carbocycles. The molecule has 1 heterocycles. The van der Waals surface area contributed by atoms with Crippen LogP contribution in [0.2, 0.25) is 5.02 Å². The van der Waals surface area contributed by atoms with Crippen molar-refractivity contribution in [3.8, 4) is 5.75 Å². The van der Waals surface area contributed by atoms with Crippen molar-refractivity contribution in [2.24, 2.45) is 0 Å². The van der Waals surface area contributed by atoms with E-state index >= 15 is 0 Å². The third-order valence-electron chi connectivity index (χ3n) is 2.38. The summed E-state index contributed by atoms with van der Waals surface area (Å²) < 4.78 is 18.5. The van der Waals surface area contributed by atoms with E-state index in [9.17, 15) is 4.39 Å². The van der Waals surface area contributed by atoms with Gasteiger partial charge >= 0.3 is 0 Å². The monoisotopic (exact) mass is 251 g/mol. The van der Waals surface area contributed by atoms with Gasteiger partial charge < -0.3 is 4.74 Å². The third-order valence-corrected chi connectivity index (χ3v) is 2.72. The molecule has 17 heavy (non-hydrogen) atoms. The lowest BCUT2D eigenvalue weighted by atomic mass is 10.2. The molecule has 0 atom stereocenters. The maximum Gasteiger partial charge on any atom is 0.123 e. The number of ether oxygens (including phenoxy) is 1. The molecule has 2 rings (SSSR count). The van der Waals surface area contributed by atoms with E-state index in [1.807, 2.05) is 0 Å². The largest absolute Gasteiger partial charge is 0.489 e. The van der Waals surface area contributed by atoms with Gasteiger partial charge in [0.1, 0.15) is 18.2 Å². The van der Waals surface area contributed by atoms with Gasteiger partial charge in [0.2, 0.25) is 0 Å². The van der Waals surface area contributed by atoms with Gasteiger partial charge in [0.15, 0.2) is 0 Å². The van der Waals surface area contributed by atoms with E-state index in [4.69, 9.17) is 16.3 Å². The first-order valence-electron chi connectivity index (χ1n) is 5.14. The summed E-state index contributed by atoms with van der Waals surface area (Å²) in [4.78, 5) is 3.89. The molecule has 0 amide bonds. The molecule has 2 aromatic rings. The molecule has 0 fully saturated rings. The summed E-state index contributed by atoms with van der Waals surface area (Å²) in [6, 6.07) is 6.21. The van der Waals surface area contributed by atoms with Crippen molar-refractivity contribution in [1.82, 2.24) is 4.98 Å². The number of aryl methyl sites for hydroxylation is 1. The van der Waals surface area contributed by atoms with Gasteiger partial charge in [-0.05, 0) is 36.8 Å². The second kappa shape index (κ2) is 5.15. The Hall–Kier alpha value is -1.61. The number of aromatic nitrogens is 1. The SMILES string of the molecule is Cc1cc(F)ccc1OCc1ccncc1Cl. The van der Waals surface area contributed by atoms with Crippen LogP contribution < -0.4 is 4.74 Å². The van der Waals surface area contributed by atoms with Gasteiger partial charge in [0, 0.05) is 18.0 Å². The van der Waals surface area contributed by atoms with E-state index < -0.39 is 0 Å². The second-order valence-electron chi connectivity index (χ2n) is 3.67. The highest BCUT2D eigenvalue weighted by atomic mass is 35.5. The molecule has 0 saturated heterocycles. The first-order chi connectivity index (χ1) is 8.16. The van der Waals surface area contributed by atoms with Crippen molar-refractivity contribution in [1.29, 1.82) is 0 Å². The van der Waals surface area contributed by atoms with Gasteiger partial charge in [0.25, 0.3) is 0 Å². The number of halogens is 2. The van der Waals surface area contributed by atoms with E-state index in [1.165, 1.54) is 12.1 Å². The molecule has 0 radical (unpaired) electrons. The number of hydrogen-bond acceptors (Lipinski definition) is 2. The molecule has 0 bridgehead atoms. The normalized spacial score (nSPS) is 10.3. The number of pyridine rings is 1. The zero-order valence-electron chi connectivity index (χ0n) is 9.28. The summed E-state index contributed by atoms with van der Waals surface area (Å²) in [6.07, 6.45) is 3.22. The van der Waals surface area contributed by atoms with Crippen molar-refractivity contribution >= 4 is 11.6 Å². The van der Waals surface area contributed by atoms with Crippen LogP contribution in [0.15, 0.2) is 36.7 Å². The summed E-state index contributed by atoms with van der Waals surface area (Å²) in [5.74, 6) is 0.385. The lowest BCUT2D eigenvalue weighted by molar-refractivity contribution is 0.303. The fourth-order valence-electron chi connectivity index (χ4n) is 1.45.